The van der Waals surface area contributed by atoms with Crippen molar-refractivity contribution in [2.45, 2.75) is 72.6 Å². The largest absolute Gasteiger partial charge is 0.463 e. The van der Waals surface area contributed by atoms with E-state index in [4.69, 9.17) is 0 Å². The average Bonchev–Trinajstić information content (AvgIpc) is 2.52. The van der Waals surface area contributed by atoms with Gasteiger partial charge in [0.2, 0.25) is 0 Å². The zero-order valence-electron chi connectivity index (χ0n) is 15.2. The van der Waals surface area contributed by atoms with Crippen LogP contribution in [0.5, 0.6) is 0 Å². The van der Waals surface area contributed by atoms with Crippen molar-refractivity contribution < 1.29 is 9.53 Å². The molecule has 0 radical (unpaired) electrons. The van der Waals surface area contributed by atoms with Crippen molar-refractivity contribution in [2.24, 2.45) is 0 Å². The van der Waals surface area contributed by atoms with Gasteiger partial charge < -0.3 is 9.64 Å². The zero-order valence-corrected chi connectivity index (χ0v) is 16.1. The zero-order chi connectivity index (χ0) is 16.3. The normalized spacial score (nSPS) is 9.50. The van der Waals surface area contributed by atoms with Crippen LogP contribution >= 0.6 is 12.4 Å². The smallest absolute Gasteiger partial charge is 0.330 e. The molecule has 0 aliphatic carbocycles. The second-order valence-corrected chi connectivity index (χ2v) is 5.27. The van der Waals surface area contributed by atoms with Crippen molar-refractivity contribution in [1.29, 1.82) is 0 Å². The number of hydrogen-bond acceptors (Lipinski definition) is 3. The second-order valence-electron chi connectivity index (χ2n) is 5.27. The fourth-order valence-corrected chi connectivity index (χ4v) is 1.74. The first-order chi connectivity index (χ1) is 10.2. The number of nitrogens with zero attached hydrogens (tertiary/aromatic N) is 1. The molecule has 0 saturated carbocycles. The highest BCUT2D eigenvalue weighted by Gasteiger charge is 2.01. The number of halogens is 1. The van der Waals surface area contributed by atoms with Crippen LogP contribution in [0.1, 0.15) is 72.6 Å². The molecule has 0 amide bonds. The lowest BCUT2D eigenvalue weighted by atomic mass is 10.2. The Kier molecular flexibility index (Phi) is 27.2. The molecule has 0 aromatic carbocycles. The predicted octanol–water partition coefficient (Wildman–Crippen LogP) is 5.24. The van der Waals surface area contributed by atoms with Gasteiger partial charge in [-0.3, -0.25) is 0 Å². The molecule has 0 unspecified atom stereocenters. The monoisotopic (exact) mass is 335 g/mol. The van der Waals surface area contributed by atoms with E-state index in [-0.39, 0.29) is 18.4 Å². The van der Waals surface area contributed by atoms with Crippen LogP contribution in [0.15, 0.2) is 12.7 Å². The van der Waals surface area contributed by atoms with E-state index in [9.17, 15) is 4.79 Å². The molecule has 0 rings (SSSR count). The predicted molar refractivity (Wildman–Crippen MR) is 99.9 cm³/mol. The minimum absolute atomic E-state index is 0. The summed E-state index contributed by atoms with van der Waals surface area (Å²) < 4.78 is 4.58. The molecule has 0 atom stereocenters. The van der Waals surface area contributed by atoms with Crippen molar-refractivity contribution in [2.75, 3.05) is 26.2 Å². The Hall–Kier alpha value is -0.540. The molecule has 0 saturated heterocycles. The minimum atomic E-state index is -0.341. The van der Waals surface area contributed by atoms with Crippen LogP contribution in [-0.4, -0.2) is 37.1 Å². The van der Waals surface area contributed by atoms with Gasteiger partial charge in [-0.2, -0.15) is 0 Å². The highest BCUT2D eigenvalue weighted by molar-refractivity contribution is 5.85. The summed E-state index contributed by atoms with van der Waals surface area (Å²) in [6.45, 7) is 16.4. The average molecular weight is 336 g/mol. The summed E-state index contributed by atoms with van der Waals surface area (Å²) >= 11 is 0. The van der Waals surface area contributed by atoms with E-state index < -0.39 is 0 Å². The van der Waals surface area contributed by atoms with E-state index in [0.717, 1.165) is 12.5 Å². The first-order valence-corrected chi connectivity index (χ1v) is 8.67. The molecule has 0 bridgehead atoms. The molecular weight excluding hydrogens is 298 g/mol. The summed E-state index contributed by atoms with van der Waals surface area (Å²) in [5.74, 6) is -0.341. The van der Waals surface area contributed by atoms with Gasteiger partial charge in [-0.15, -0.1) is 12.4 Å². The van der Waals surface area contributed by atoms with Gasteiger partial charge in [0.15, 0.2) is 0 Å². The third-order valence-electron chi connectivity index (χ3n) is 3.10. The number of rotatable bonds is 12. The lowest BCUT2D eigenvalue weighted by molar-refractivity contribution is -0.137. The first kappa shape index (κ1) is 26.4. The van der Waals surface area contributed by atoms with E-state index in [1.165, 1.54) is 58.2 Å². The third-order valence-corrected chi connectivity index (χ3v) is 3.10. The van der Waals surface area contributed by atoms with Gasteiger partial charge >= 0.3 is 5.97 Å². The van der Waals surface area contributed by atoms with Crippen LogP contribution < -0.4 is 0 Å². The molecule has 3 nitrogen and oxygen atoms in total. The van der Waals surface area contributed by atoms with Crippen LogP contribution in [0.3, 0.4) is 0 Å². The fraction of sp³-hybridized carbons (Fsp3) is 0.833. The molecule has 0 N–H and O–H groups in total. The van der Waals surface area contributed by atoms with Gasteiger partial charge in [-0.05, 0) is 45.3 Å². The molecule has 0 aromatic rings. The number of esters is 1. The number of carbonyl (C=O) groups excluding carboxylic acids is 1. The highest BCUT2D eigenvalue weighted by Crippen LogP contribution is 2.01. The van der Waals surface area contributed by atoms with E-state index in [1.807, 2.05) is 6.92 Å². The van der Waals surface area contributed by atoms with Crippen molar-refractivity contribution >= 4 is 18.4 Å². The van der Waals surface area contributed by atoms with Gasteiger partial charge in [0.25, 0.3) is 0 Å². The Bertz CT molecular complexity index is 216. The Morgan fingerprint density at radius 1 is 0.909 bits per heavy atom. The minimum Gasteiger partial charge on any atom is -0.463 e. The lowest BCUT2D eigenvalue weighted by Crippen LogP contribution is -2.27. The molecule has 0 spiro atoms. The van der Waals surface area contributed by atoms with Crippen molar-refractivity contribution in [3.05, 3.63) is 12.7 Å². The van der Waals surface area contributed by atoms with Crippen molar-refractivity contribution in [3.63, 3.8) is 0 Å². The maximum absolute atomic E-state index is 10.2. The van der Waals surface area contributed by atoms with Gasteiger partial charge in [0.1, 0.15) is 0 Å². The van der Waals surface area contributed by atoms with Crippen LogP contribution in [0.2, 0.25) is 0 Å². The summed E-state index contributed by atoms with van der Waals surface area (Å²) in [5.41, 5.74) is 0. The van der Waals surface area contributed by atoms with Crippen LogP contribution in [0.25, 0.3) is 0 Å². The molecule has 0 fully saturated rings. The Morgan fingerprint density at radius 2 is 1.32 bits per heavy atom. The second kappa shape index (κ2) is 22.7. The van der Waals surface area contributed by atoms with E-state index in [0.29, 0.717) is 6.61 Å². The molecule has 134 valence electrons. The maximum Gasteiger partial charge on any atom is 0.330 e. The van der Waals surface area contributed by atoms with Crippen LogP contribution in [0.4, 0.5) is 0 Å². The molecular formula is C18H38ClNO2. The lowest BCUT2D eigenvalue weighted by Gasteiger charge is -2.21. The van der Waals surface area contributed by atoms with Crippen molar-refractivity contribution in [1.82, 2.24) is 4.90 Å². The molecule has 22 heavy (non-hydrogen) atoms. The van der Waals surface area contributed by atoms with Crippen LogP contribution in [-0.2, 0) is 9.53 Å². The van der Waals surface area contributed by atoms with Crippen LogP contribution in [0, 0.1) is 0 Å². The molecule has 4 heteroatoms. The SMILES string of the molecule is C=CC(=O)OCCC.CCCCN(CCCC)CCCC.Cl. The number of hydrogen-bond donors (Lipinski definition) is 0. The van der Waals surface area contributed by atoms with E-state index >= 15 is 0 Å². The summed E-state index contributed by atoms with van der Waals surface area (Å²) in [6, 6.07) is 0. The number of ether oxygens (including phenoxy) is 1. The third kappa shape index (κ3) is 21.8. The topological polar surface area (TPSA) is 29.5 Å². The summed E-state index contributed by atoms with van der Waals surface area (Å²) in [5, 5.41) is 0. The van der Waals surface area contributed by atoms with E-state index in [1.54, 1.807) is 0 Å². The van der Waals surface area contributed by atoms with Gasteiger partial charge in [-0.25, -0.2) is 4.79 Å². The highest BCUT2D eigenvalue weighted by atomic mass is 35.5. The van der Waals surface area contributed by atoms with Gasteiger partial charge in [0.05, 0.1) is 6.61 Å². The summed E-state index contributed by atoms with van der Waals surface area (Å²) in [4.78, 5) is 12.9. The molecule has 0 aliphatic rings. The Morgan fingerprint density at radius 3 is 1.59 bits per heavy atom. The Labute approximate surface area is 144 Å². The standard InChI is InChI=1S/C12H27N.C6H10O2.ClH/c1-4-7-10-13(11-8-5-2)12-9-6-3;1-3-5-8-6(7)4-2;/h4-12H2,1-3H3;4H,2-3,5H2,1H3;1H. The number of unbranched alkanes of at least 4 members (excludes halogenated alkanes) is 3. The molecule has 0 aromatic heterocycles. The fourth-order valence-electron chi connectivity index (χ4n) is 1.74. The van der Waals surface area contributed by atoms with Crippen molar-refractivity contribution in [3.8, 4) is 0 Å². The molecule has 0 aliphatic heterocycles. The summed E-state index contributed by atoms with van der Waals surface area (Å²) in [7, 11) is 0. The van der Waals surface area contributed by atoms with Gasteiger partial charge in [0, 0.05) is 6.08 Å². The summed E-state index contributed by atoms with van der Waals surface area (Å²) in [6.07, 6.45) is 10.1. The Balaban J connectivity index is -0.000000348. The first-order valence-electron chi connectivity index (χ1n) is 8.67. The quantitative estimate of drug-likeness (QED) is 0.361. The van der Waals surface area contributed by atoms with Gasteiger partial charge in [-0.1, -0.05) is 53.5 Å². The van der Waals surface area contributed by atoms with E-state index in [2.05, 4.69) is 37.0 Å². The molecule has 0 heterocycles. The number of carbonyl (C=O) groups is 1. The maximum atomic E-state index is 10.2.